The second-order valence-electron chi connectivity index (χ2n) is 11.4. The van der Waals surface area contributed by atoms with Crippen LogP contribution in [-0.2, 0) is 30.2 Å². The maximum atomic E-state index is 12.3. The summed E-state index contributed by atoms with van der Waals surface area (Å²) < 4.78 is 31.2. The largest absolute Gasteiger partial charge is 0.513 e. The summed E-state index contributed by atoms with van der Waals surface area (Å²) in [5.41, 5.74) is -0.229. The van der Waals surface area contributed by atoms with Gasteiger partial charge in [0.05, 0.1) is 13.2 Å². The van der Waals surface area contributed by atoms with E-state index in [1.807, 2.05) is 34.6 Å². The van der Waals surface area contributed by atoms with Crippen molar-refractivity contribution in [3.8, 4) is 11.5 Å². The van der Waals surface area contributed by atoms with Gasteiger partial charge < -0.3 is 38.8 Å². The highest BCUT2D eigenvalue weighted by atomic mass is 16.7. The number of ether oxygens (including phenoxy) is 6. The van der Waals surface area contributed by atoms with Crippen molar-refractivity contribution < 1.29 is 52.7 Å². The van der Waals surface area contributed by atoms with Crippen LogP contribution < -0.4 is 14.8 Å². The van der Waals surface area contributed by atoms with Crippen LogP contribution in [0, 0.1) is 11.8 Å². The molecule has 12 nitrogen and oxygen atoms in total. The number of benzene rings is 1. The molecule has 0 aliphatic rings. The van der Waals surface area contributed by atoms with Gasteiger partial charge in [-0.1, -0.05) is 40.7 Å². The van der Waals surface area contributed by atoms with E-state index in [2.05, 4.69) is 5.32 Å². The molecule has 0 saturated heterocycles. The van der Waals surface area contributed by atoms with Crippen LogP contribution in [-0.4, -0.2) is 67.0 Å². The third kappa shape index (κ3) is 15.5. The van der Waals surface area contributed by atoms with E-state index in [-0.39, 0.29) is 37.7 Å². The van der Waals surface area contributed by atoms with Crippen LogP contribution in [0.3, 0.4) is 0 Å². The summed E-state index contributed by atoms with van der Waals surface area (Å²) >= 11 is 0. The van der Waals surface area contributed by atoms with E-state index in [1.165, 1.54) is 18.2 Å². The topological polar surface area (TPSA) is 156 Å². The van der Waals surface area contributed by atoms with Gasteiger partial charge in [0.15, 0.2) is 11.5 Å². The van der Waals surface area contributed by atoms with Gasteiger partial charge in [-0.15, -0.1) is 0 Å². The molecule has 0 aliphatic carbocycles. The van der Waals surface area contributed by atoms with Crippen molar-refractivity contribution in [2.75, 3.05) is 19.8 Å². The lowest BCUT2D eigenvalue weighted by molar-refractivity contribution is -0.139. The lowest BCUT2D eigenvalue weighted by Crippen LogP contribution is -2.43. The third-order valence-electron chi connectivity index (χ3n) is 6.12. The Labute approximate surface area is 248 Å². The molecule has 2 atom stereocenters. The van der Waals surface area contributed by atoms with Crippen LogP contribution >= 0.6 is 0 Å². The Bertz CT molecular complexity index is 1020. The molecule has 0 saturated carbocycles. The Balaban J connectivity index is 2.96. The van der Waals surface area contributed by atoms with Gasteiger partial charge in [0.1, 0.15) is 17.7 Å². The summed E-state index contributed by atoms with van der Waals surface area (Å²) in [5.74, 6) is -0.747. The molecule has 238 valence electrons. The Morgan fingerprint density at radius 3 is 1.90 bits per heavy atom. The summed E-state index contributed by atoms with van der Waals surface area (Å²) in [4.78, 5) is 48.5. The van der Waals surface area contributed by atoms with E-state index in [0.29, 0.717) is 36.7 Å². The van der Waals surface area contributed by atoms with Crippen LogP contribution in [0.15, 0.2) is 18.2 Å². The Morgan fingerprint density at radius 2 is 1.40 bits per heavy atom. The summed E-state index contributed by atoms with van der Waals surface area (Å²) in [6.45, 7) is 15.3. The molecule has 0 heterocycles. The molecule has 2 N–H and O–H groups in total. The second-order valence-corrected chi connectivity index (χ2v) is 11.4. The quantitative estimate of drug-likeness (QED) is 0.121. The molecule has 0 amide bonds. The summed E-state index contributed by atoms with van der Waals surface area (Å²) in [6.07, 6.45) is -1.65. The third-order valence-corrected chi connectivity index (χ3v) is 6.12. The van der Waals surface area contributed by atoms with Crippen molar-refractivity contribution >= 4 is 24.4 Å². The van der Waals surface area contributed by atoms with E-state index in [4.69, 9.17) is 28.4 Å². The summed E-state index contributed by atoms with van der Waals surface area (Å²) in [7, 11) is 0. The maximum absolute atomic E-state index is 12.3. The SMILES string of the molecule is CCC(C)(C)OC(=O)OC(C)CN[C@@H](Cc1ccc(OC(=O)OCCC(C)C)c(OC(=O)OCCC(C)C)c1)C(=O)O. The second kappa shape index (κ2) is 18.1. The summed E-state index contributed by atoms with van der Waals surface area (Å²) in [5, 5.41) is 12.6. The Kier molecular flexibility index (Phi) is 15.7. The molecular weight excluding hydrogens is 550 g/mol. The van der Waals surface area contributed by atoms with Crippen LogP contribution in [0.1, 0.15) is 80.2 Å². The number of hydrogen-bond donors (Lipinski definition) is 2. The monoisotopic (exact) mass is 597 g/mol. The standard InChI is InChI=1S/C30H47NO11/c1-9-30(7,8)42-29(36)39-21(6)18-31-23(26(32)33)16-22-10-11-24(40-27(34)37-14-12-19(2)3)25(17-22)41-28(35)38-15-13-20(4)5/h10-11,17,19-21,23,31H,9,12-16,18H2,1-8H3,(H,32,33)/t21?,23-/m0/s1. The van der Waals surface area contributed by atoms with Gasteiger partial charge in [-0.2, -0.15) is 0 Å². The predicted octanol–water partition coefficient (Wildman–Crippen LogP) is 6.13. The van der Waals surface area contributed by atoms with Crippen LogP contribution in [0.4, 0.5) is 14.4 Å². The Hall–Kier alpha value is -3.54. The fourth-order valence-corrected chi connectivity index (χ4v) is 3.16. The molecule has 12 heteroatoms. The molecule has 42 heavy (non-hydrogen) atoms. The normalized spacial score (nSPS) is 12.8. The van der Waals surface area contributed by atoms with E-state index in [9.17, 15) is 24.3 Å². The van der Waals surface area contributed by atoms with Crippen molar-refractivity contribution in [3.05, 3.63) is 23.8 Å². The van der Waals surface area contributed by atoms with E-state index < -0.39 is 42.2 Å². The van der Waals surface area contributed by atoms with E-state index in [0.717, 1.165) is 0 Å². The smallest absolute Gasteiger partial charge is 0.480 e. The average Bonchev–Trinajstić information content (AvgIpc) is 2.86. The van der Waals surface area contributed by atoms with Crippen molar-refractivity contribution in [2.24, 2.45) is 11.8 Å². The van der Waals surface area contributed by atoms with Gasteiger partial charge in [0.25, 0.3) is 0 Å². The minimum atomic E-state index is -1.15. The number of carbonyl (C=O) groups excluding carboxylic acids is 3. The van der Waals surface area contributed by atoms with Crippen molar-refractivity contribution in [1.29, 1.82) is 0 Å². The number of aliphatic carboxylic acids is 1. The highest BCUT2D eigenvalue weighted by Crippen LogP contribution is 2.30. The minimum absolute atomic E-state index is 0.0345. The molecule has 1 unspecified atom stereocenters. The molecule has 0 aliphatic heterocycles. The van der Waals surface area contributed by atoms with Gasteiger partial charge in [0, 0.05) is 6.54 Å². The van der Waals surface area contributed by atoms with Crippen LogP contribution in [0.5, 0.6) is 11.5 Å². The molecule has 1 aromatic carbocycles. The van der Waals surface area contributed by atoms with Crippen molar-refractivity contribution in [3.63, 3.8) is 0 Å². The van der Waals surface area contributed by atoms with Crippen LogP contribution in [0.2, 0.25) is 0 Å². The van der Waals surface area contributed by atoms with E-state index in [1.54, 1.807) is 20.8 Å². The minimum Gasteiger partial charge on any atom is -0.480 e. The molecule has 0 spiro atoms. The molecule has 0 aromatic heterocycles. The average molecular weight is 598 g/mol. The number of carboxylic acids is 1. The van der Waals surface area contributed by atoms with Crippen molar-refractivity contribution in [2.45, 2.75) is 98.8 Å². The zero-order valence-corrected chi connectivity index (χ0v) is 26.0. The number of carboxylic acid groups (broad SMARTS) is 1. The molecule has 0 bridgehead atoms. The first-order chi connectivity index (χ1) is 19.6. The first kappa shape index (κ1) is 36.5. The number of rotatable bonds is 17. The zero-order chi connectivity index (χ0) is 31.9. The van der Waals surface area contributed by atoms with Gasteiger partial charge in [-0.25, -0.2) is 14.4 Å². The first-order valence-corrected chi connectivity index (χ1v) is 14.3. The Morgan fingerprint density at radius 1 is 0.857 bits per heavy atom. The fraction of sp³-hybridized carbons (Fsp3) is 0.667. The molecule has 0 fully saturated rings. The number of hydrogen-bond acceptors (Lipinski definition) is 11. The summed E-state index contributed by atoms with van der Waals surface area (Å²) in [6, 6.07) is 3.22. The highest BCUT2D eigenvalue weighted by molar-refractivity contribution is 5.74. The first-order valence-electron chi connectivity index (χ1n) is 14.3. The zero-order valence-electron chi connectivity index (χ0n) is 26.0. The maximum Gasteiger partial charge on any atom is 0.513 e. The highest BCUT2D eigenvalue weighted by Gasteiger charge is 2.25. The molecule has 1 aromatic rings. The van der Waals surface area contributed by atoms with Gasteiger partial charge in [0.2, 0.25) is 0 Å². The van der Waals surface area contributed by atoms with Crippen LogP contribution in [0.25, 0.3) is 0 Å². The fourth-order valence-electron chi connectivity index (χ4n) is 3.16. The van der Waals surface area contributed by atoms with Gasteiger partial charge in [-0.05, 0) is 76.0 Å². The van der Waals surface area contributed by atoms with E-state index >= 15 is 0 Å². The molecule has 1 rings (SSSR count). The number of carbonyl (C=O) groups is 4. The lowest BCUT2D eigenvalue weighted by Gasteiger charge is -2.24. The lowest BCUT2D eigenvalue weighted by atomic mass is 10.0. The molecular formula is C30H47NO11. The predicted molar refractivity (Wildman–Crippen MR) is 154 cm³/mol. The number of nitrogens with one attached hydrogen (secondary N) is 1. The van der Waals surface area contributed by atoms with Crippen molar-refractivity contribution in [1.82, 2.24) is 5.32 Å². The molecule has 0 radical (unpaired) electrons. The van der Waals surface area contributed by atoms with Gasteiger partial charge in [-0.3, -0.25) is 4.79 Å². The van der Waals surface area contributed by atoms with Gasteiger partial charge >= 0.3 is 24.4 Å².